The summed E-state index contributed by atoms with van der Waals surface area (Å²) in [5.41, 5.74) is 3.06. The number of pyridine rings is 2. The molecule has 4 heterocycles. The molecule has 0 radical (unpaired) electrons. The average Bonchev–Trinajstić information content (AvgIpc) is 3.77. The number of aromatic nitrogens is 4. The molecule has 0 bridgehead atoms. The monoisotopic (exact) mass is 487 g/mol. The molecule has 1 N–H and O–H groups in total. The first-order valence-electron chi connectivity index (χ1n) is 12.9. The van der Waals surface area contributed by atoms with Gasteiger partial charge in [-0.1, -0.05) is 0 Å². The van der Waals surface area contributed by atoms with E-state index in [0.29, 0.717) is 51.8 Å². The Kier molecular flexibility index (Phi) is 4.69. The number of carbonyl (C=O) groups excluding carboxylic acids is 1. The predicted octanol–water partition coefficient (Wildman–Crippen LogP) is 3.26. The number of ether oxygens (including phenoxy) is 2. The summed E-state index contributed by atoms with van der Waals surface area (Å²) in [6, 6.07) is 5.78. The van der Waals surface area contributed by atoms with E-state index in [9.17, 15) is 9.59 Å². The third-order valence-electron chi connectivity index (χ3n) is 9.31. The van der Waals surface area contributed by atoms with Crippen molar-refractivity contribution < 1.29 is 14.3 Å². The third kappa shape index (κ3) is 3.24. The number of amides is 1. The van der Waals surface area contributed by atoms with Gasteiger partial charge in [0, 0.05) is 25.0 Å². The maximum atomic E-state index is 12.0. The average molecular weight is 488 g/mol. The number of nitrogens with one attached hydrogen (secondary N) is 1. The molecule has 2 atom stereocenters. The topological polar surface area (TPSA) is 108 Å². The minimum absolute atomic E-state index is 0.0589. The van der Waals surface area contributed by atoms with Crippen molar-refractivity contribution in [2.75, 3.05) is 18.5 Å². The number of nitrogens with zero attached hydrogens (tertiary/aromatic N) is 4. The molecule has 3 aliphatic carbocycles. The molecule has 1 spiro atoms. The van der Waals surface area contributed by atoms with Gasteiger partial charge in [-0.2, -0.15) is 0 Å². The lowest BCUT2D eigenvalue weighted by Crippen LogP contribution is -2.28. The van der Waals surface area contributed by atoms with Crippen molar-refractivity contribution in [2.45, 2.75) is 44.9 Å². The maximum absolute atomic E-state index is 12.0. The van der Waals surface area contributed by atoms with E-state index in [-0.39, 0.29) is 18.1 Å². The summed E-state index contributed by atoms with van der Waals surface area (Å²) in [5, 5.41) is 2.81. The molecule has 3 aromatic heterocycles. The number of rotatable bonds is 6. The summed E-state index contributed by atoms with van der Waals surface area (Å²) in [4.78, 5) is 36.7. The van der Waals surface area contributed by atoms with E-state index in [0.717, 1.165) is 18.0 Å². The summed E-state index contributed by atoms with van der Waals surface area (Å²) in [6.07, 6.45) is 11.3. The van der Waals surface area contributed by atoms with E-state index in [4.69, 9.17) is 9.47 Å². The van der Waals surface area contributed by atoms with Crippen molar-refractivity contribution >= 4 is 22.9 Å². The number of fused-ring (bicyclic) bond motifs is 5. The Hall–Kier alpha value is -3.49. The minimum atomic E-state index is -0.165. The van der Waals surface area contributed by atoms with Gasteiger partial charge in [-0.25, -0.2) is 15.0 Å². The molecular formula is C27H29N5O4. The lowest BCUT2D eigenvalue weighted by atomic mass is 9.70. The first-order chi connectivity index (χ1) is 17.5. The van der Waals surface area contributed by atoms with Crippen LogP contribution in [0, 0.1) is 22.7 Å². The second-order valence-corrected chi connectivity index (χ2v) is 10.9. The second kappa shape index (κ2) is 7.75. The molecule has 0 aromatic carbocycles. The molecule has 4 aliphatic rings. The fraction of sp³-hybridized carbons (Fsp3) is 0.519. The lowest BCUT2D eigenvalue weighted by Gasteiger charge is -2.35. The Morgan fingerprint density at radius 3 is 2.89 bits per heavy atom. The smallest absolute Gasteiger partial charge is 0.269 e. The molecule has 0 saturated heterocycles. The largest absolute Gasteiger partial charge is 0.491 e. The predicted molar refractivity (Wildman–Crippen MR) is 132 cm³/mol. The molecule has 2 unspecified atom stereocenters. The van der Waals surface area contributed by atoms with Gasteiger partial charge in [0.05, 0.1) is 12.8 Å². The van der Waals surface area contributed by atoms with Gasteiger partial charge in [0.15, 0.2) is 23.8 Å². The zero-order valence-corrected chi connectivity index (χ0v) is 20.3. The highest BCUT2D eigenvalue weighted by atomic mass is 16.5. The van der Waals surface area contributed by atoms with E-state index < -0.39 is 0 Å². The Morgan fingerprint density at radius 1 is 1.19 bits per heavy atom. The molecule has 186 valence electrons. The van der Waals surface area contributed by atoms with Crippen molar-refractivity contribution in [3.63, 3.8) is 0 Å². The van der Waals surface area contributed by atoms with Crippen LogP contribution in [-0.4, -0.2) is 38.6 Å². The zero-order chi connectivity index (χ0) is 24.5. The van der Waals surface area contributed by atoms with Crippen LogP contribution in [0.25, 0.3) is 11.2 Å². The molecule has 3 aromatic rings. The van der Waals surface area contributed by atoms with Crippen LogP contribution in [0.15, 0.2) is 35.4 Å². The summed E-state index contributed by atoms with van der Waals surface area (Å²) < 4.78 is 13.2. The molecule has 3 saturated carbocycles. The van der Waals surface area contributed by atoms with Gasteiger partial charge in [-0.3, -0.25) is 9.59 Å². The molecular weight excluding hydrogens is 458 g/mol. The van der Waals surface area contributed by atoms with Crippen LogP contribution in [0.1, 0.15) is 44.2 Å². The highest BCUT2D eigenvalue weighted by molar-refractivity contribution is 5.94. The lowest BCUT2D eigenvalue weighted by molar-refractivity contribution is -0.118. The van der Waals surface area contributed by atoms with Crippen LogP contribution < -0.4 is 20.3 Å². The van der Waals surface area contributed by atoms with Gasteiger partial charge in [0.1, 0.15) is 11.3 Å². The Balaban J connectivity index is 0.956. The first-order valence-corrected chi connectivity index (χ1v) is 12.9. The third-order valence-corrected chi connectivity index (χ3v) is 9.31. The van der Waals surface area contributed by atoms with Gasteiger partial charge in [-0.05, 0) is 79.7 Å². The van der Waals surface area contributed by atoms with Crippen LogP contribution in [0.4, 0.5) is 5.82 Å². The summed E-state index contributed by atoms with van der Waals surface area (Å²) >= 11 is 0. The van der Waals surface area contributed by atoms with Crippen molar-refractivity contribution in [3.8, 4) is 11.5 Å². The summed E-state index contributed by atoms with van der Waals surface area (Å²) in [7, 11) is 1.73. The Bertz CT molecular complexity index is 1440. The van der Waals surface area contributed by atoms with Crippen molar-refractivity contribution in [2.24, 2.45) is 29.7 Å². The molecule has 36 heavy (non-hydrogen) atoms. The zero-order valence-electron chi connectivity index (χ0n) is 20.3. The Morgan fingerprint density at radius 2 is 2.06 bits per heavy atom. The molecule has 7 rings (SSSR count). The van der Waals surface area contributed by atoms with Crippen LogP contribution in [0.5, 0.6) is 11.5 Å². The van der Waals surface area contributed by atoms with Crippen LogP contribution in [0.2, 0.25) is 0 Å². The maximum Gasteiger partial charge on any atom is 0.269 e. The number of hydrogen-bond donors (Lipinski definition) is 1. The SMILES string of the molecule is Cn1c(=O)cnc2nccc(OCC3CCC4(CC3)C3CC34CCc3ccc4c(n3)NC(=O)CO4)c21. The number of anilines is 1. The van der Waals surface area contributed by atoms with Crippen molar-refractivity contribution in [3.05, 3.63) is 46.6 Å². The fourth-order valence-electron chi connectivity index (χ4n) is 7.11. The molecule has 9 heteroatoms. The number of hydrogen-bond acceptors (Lipinski definition) is 7. The minimum Gasteiger partial charge on any atom is -0.491 e. The van der Waals surface area contributed by atoms with E-state index in [1.54, 1.807) is 17.8 Å². The fourth-order valence-corrected chi connectivity index (χ4v) is 7.11. The Labute approximate surface area is 208 Å². The number of carbonyl (C=O) groups is 1. The van der Waals surface area contributed by atoms with Gasteiger partial charge in [0.2, 0.25) is 0 Å². The van der Waals surface area contributed by atoms with Gasteiger partial charge in [0.25, 0.3) is 11.5 Å². The first kappa shape index (κ1) is 21.8. The van der Waals surface area contributed by atoms with Crippen LogP contribution in [0.3, 0.4) is 0 Å². The summed E-state index contributed by atoms with van der Waals surface area (Å²) in [6.45, 7) is 0.714. The standard InChI is InChI=1S/C27H29N5O4/c1-32-22(34)13-29-25-23(32)18(7-11-28-25)35-14-16-4-8-26(9-5-16)20-12-27(20,26)10-6-17-2-3-19-24(30-17)31-21(33)15-36-19/h2-3,7,11,13,16,20H,4-6,8-10,12,14-15H2,1H3,(H,30,31,33). The van der Waals surface area contributed by atoms with Crippen LogP contribution in [-0.2, 0) is 18.3 Å². The van der Waals surface area contributed by atoms with Gasteiger partial charge < -0.3 is 19.4 Å². The molecule has 1 aliphatic heterocycles. The molecule has 3 fully saturated rings. The summed E-state index contributed by atoms with van der Waals surface area (Å²) in [5.74, 6) is 3.14. The van der Waals surface area contributed by atoms with Crippen LogP contribution >= 0.6 is 0 Å². The number of aryl methyl sites for hydroxylation is 2. The van der Waals surface area contributed by atoms with Crippen molar-refractivity contribution in [1.29, 1.82) is 0 Å². The second-order valence-electron chi connectivity index (χ2n) is 10.9. The quantitative estimate of drug-likeness (QED) is 0.569. The van der Waals surface area contributed by atoms with Gasteiger partial charge >= 0.3 is 0 Å². The van der Waals surface area contributed by atoms with Gasteiger partial charge in [-0.15, -0.1) is 0 Å². The van der Waals surface area contributed by atoms with E-state index >= 15 is 0 Å². The highest BCUT2D eigenvalue weighted by Crippen LogP contribution is 2.93. The van der Waals surface area contributed by atoms with Crippen molar-refractivity contribution in [1.82, 2.24) is 19.5 Å². The molecule has 9 nitrogen and oxygen atoms in total. The van der Waals surface area contributed by atoms with E-state index in [1.165, 1.54) is 44.7 Å². The van der Waals surface area contributed by atoms with E-state index in [2.05, 4.69) is 20.3 Å². The molecule has 1 amide bonds. The highest BCUT2D eigenvalue weighted by Gasteiger charge is 2.86. The normalized spacial score (nSPS) is 29.8. The van der Waals surface area contributed by atoms with E-state index in [1.807, 2.05) is 18.2 Å².